The zero-order valence-electron chi connectivity index (χ0n) is 12.4. The maximum absolute atomic E-state index is 10.8. The molecule has 1 saturated heterocycles. The van der Waals surface area contributed by atoms with Crippen LogP contribution in [0.3, 0.4) is 0 Å². The van der Waals surface area contributed by atoms with Crippen molar-refractivity contribution < 1.29 is 9.90 Å². The summed E-state index contributed by atoms with van der Waals surface area (Å²) >= 11 is 0. The summed E-state index contributed by atoms with van der Waals surface area (Å²) < 4.78 is 0. The molecule has 1 saturated carbocycles. The van der Waals surface area contributed by atoms with Crippen LogP contribution in [0.5, 0.6) is 0 Å². The molecule has 0 aromatic carbocycles. The Kier molecular flexibility index (Phi) is 4.85. The summed E-state index contributed by atoms with van der Waals surface area (Å²) in [7, 11) is 0. The van der Waals surface area contributed by atoms with Gasteiger partial charge in [-0.2, -0.15) is 0 Å². The molecule has 4 heteroatoms. The Hall–Kier alpha value is -0.610. The first kappa shape index (κ1) is 14.8. The summed E-state index contributed by atoms with van der Waals surface area (Å²) in [6.45, 7) is 8.97. The van der Waals surface area contributed by atoms with E-state index in [2.05, 4.69) is 23.6 Å². The van der Waals surface area contributed by atoms with Gasteiger partial charge in [0.25, 0.3) is 0 Å². The smallest absolute Gasteiger partial charge is 0.317 e. The highest BCUT2D eigenvalue weighted by Gasteiger charge is 2.30. The van der Waals surface area contributed by atoms with Crippen LogP contribution in [0, 0.1) is 5.41 Å². The van der Waals surface area contributed by atoms with E-state index in [0.717, 1.165) is 38.6 Å². The fraction of sp³-hybridized carbons (Fsp3) is 0.933. The van der Waals surface area contributed by atoms with Crippen LogP contribution < -0.4 is 0 Å². The number of carbonyl (C=O) groups is 1. The normalized spacial score (nSPS) is 27.1. The van der Waals surface area contributed by atoms with E-state index in [1.165, 1.54) is 25.7 Å². The van der Waals surface area contributed by atoms with Crippen LogP contribution in [0.4, 0.5) is 0 Å². The molecule has 0 spiro atoms. The predicted molar refractivity (Wildman–Crippen MR) is 76.3 cm³/mol. The third kappa shape index (κ3) is 4.46. The fourth-order valence-corrected chi connectivity index (χ4v) is 3.45. The van der Waals surface area contributed by atoms with Crippen molar-refractivity contribution in [3.8, 4) is 0 Å². The summed E-state index contributed by atoms with van der Waals surface area (Å²) in [5, 5.41) is 8.87. The molecule has 110 valence electrons. The lowest BCUT2D eigenvalue weighted by atomic mass is 9.75. The highest BCUT2D eigenvalue weighted by atomic mass is 16.4. The summed E-state index contributed by atoms with van der Waals surface area (Å²) in [6.07, 6.45) is 6.38. The molecule has 1 N–H and O–H groups in total. The molecule has 19 heavy (non-hydrogen) atoms. The first-order chi connectivity index (χ1) is 8.96. The summed E-state index contributed by atoms with van der Waals surface area (Å²) in [6, 6.07) is 0.734. The van der Waals surface area contributed by atoms with Gasteiger partial charge < -0.3 is 5.11 Å². The van der Waals surface area contributed by atoms with Gasteiger partial charge in [-0.1, -0.05) is 13.8 Å². The van der Waals surface area contributed by atoms with E-state index in [0.29, 0.717) is 5.41 Å². The van der Waals surface area contributed by atoms with Crippen LogP contribution >= 0.6 is 0 Å². The van der Waals surface area contributed by atoms with Crippen LogP contribution in [0.2, 0.25) is 0 Å². The topological polar surface area (TPSA) is 43.8 Å². The molecule has 0 unspecified atom stereocenters. The van der Waals surface area contributed by atoms with Gasteiger partial charge in [0.2, 0.25) is 0 Å². The second kappa shape index (κ2) is 6.23. The third-order valence-corrected chi connectivity index (χ3v) is 4.81. The Morgan fingerprint density at radius 3 is 2.47 bits per heavy atom. The van der Waals surface area contributed by atoms with Crippen molar-refractivity contribution >= 4 is 5.97 Å². The first-order valence-corrected chi connectivity index (χ1v) is 7.64. The maximum atomic E-state index is 10.8. The van der Waals surface area contributed by atoms with Gasteiger partial charge in [-0.3, -0.25) is 14.6 Å². The van der Waals surface area contributed by atoms with E-state index in [4.69, 9.17) is 5.11 Å². The summed E-state index contributed by atoms with van der Waals surface area (Å²) in [5.41, 5.74) is 0.525. The molecule has 2 aliphatic rings. The van der Waals surface area contributed by atoms with E-state index in [1.807, 2.05) is 0 Å². The predicted octanol–water partition coefficient (Wildman–Crippen LogP) is 2.05. The summed E-state index contributed by atoms with van der Waals surface area (Å²) in [5.74, 6) is -0.701. The Morgan fingerprint density at radius 1 is 1.16 bits per heavy atom. The monoisotopic (exact) mass is 268 g/mol. The Labute approximate surface area is 116 Å². The molecular weight excluding hydrogens is 240 g/mol. The molecule has 1 aliphatic heterocycles. The van der Waals surface area contributed by atoms with Crippen molar-refractivity contribution in [2.24, 2.45) is 5.41 Å². The zero-order valence-corrected chi connectivity index (χ0v) is 12.4. The minimum Gasteiger partial charge on any atom is -0.480 e. The van der Waals surface area contributed by atoms with Crippen LogP contribution in [0.25, 0.3) is 0 Å². The zero-order chi connectivity index (χ0) is 13.9. The van der Waals surface area contributed by atoms with Crippen LogP contribution in [-0.2, 0) is 4.79 Å². The maximum Gasteiger partial charge on any atom is 0.317 e. The van der Waals surface area contributed by atoms with Crippen LogP contribution in [-0.4, -0.2) is 59.6 Å². The quantitative estimate of drug-likeness (QED) is 0.851. The second-order valence-corrected chi connectivity index (χ2v) is 6.95. The van der Waals surface area contributed by atoms with Gasteiger partial charge in [0, 0.05) is 25.7 Å². The lowest BCUT2D eigenvalue weighted by Gasteiger charge is -2.39. The van der Waals surface area contributed by atoms with Gasteiger partial charge in [-0.05, 0) is 44.1 Å². The van der Waals surface area contributed by atoms with E-state index >= 15 is 0 Å². The third-order valence-electron chi connectivity index (χ3n) is 4.81. The molecule has 0 amide bonds. The van der Waals surface area contributed by atoms with Gasteiger partial charge in [0.05, 0.1) is 6.54 Å². The van der Waals surface area contributed by atoms with Gasteiger partial charge >= 0.3 is 5.97 Å². The SMILES string of the molecule is CC1(C)CCC(N2CCCN(CC(=O)O)CC2)CC1. The first-order valence-electron chi connectivity index (χ1n) is 7.64. The molecule has 1 aliphatic carbocycles. The van der Waals surface area contributed by atoms with Crippen LogP contribution in [0.15, 0.2) is 0 Å². The van der Waals surface area contributed by atoms with Crippen molar-refractivity contribution in [3.05, 3.63) is 0 Å². The van der Waals surface area contributed by atoms with E-state index < -0.39 is 5.97 Å². The lowest BCUT2D eigenvalue weighted by molar-refractivity contribution is -0.138. The van der Waals surface area contributed by atoms with Crippen LogP contribution in [0.1, 0.15) is 46.0 Å². The van der Waals surface area contributed by atoms with Gasteiger partial charge in [0.1, 0.15) is 0 Å². The number of hydrogen-bond acceptors (Lipinski definition) is 3. The Balaban J connectivity index is 1.81. The minimum atomic E-state index is -0.701. The van der Waals surface area contributed by atoms with Gasteiger partial charge in [0.15, 0.2) is 0 Å². The van der Waals surface area contributed by atoms with Crippen molar-refractivity contribution in [2.75, 3.05) is 32.7 Å². The molecule has 1 heterocycles. The molecule has 0 atom stereocenters. The molecule has 2 rings (SSSR count). The van der Waals surface area contributed by atoms with Crippen molar-refractivity contribution in [1.29, 1.82) is 0 Å². The average Bonchev–Trinajstić information content (AvgIpc) is 2.54. The van der Waals surface area contributed by atoms with E-state index in [1.54, 1.807) is 0 Å². The van der Waals surface area contributed by atoms with E-state index in [-0.39, 0.29) is 6.54 Å². The standard InChI is InChI=1S/C15H28N2O2/c1-15(2)6-4-13(5-7-15)17-9-3-8-16(10-11-17)12-14(18)19/h13H,3-12H2,1-2H3,(H,18,19). The van der Waals surface area contributed by atoms with E-state index in [9.17, 15) is 4.79 Å². The number of nitrogens with zero attached hydrogens (tertiary/aromatic N) is 2. The highest BCUT2D eigenvalue weighted by Crippen LogP contribution is 2.37. The highest BCUT2D eigenvalue weighted by molar-refractivity contribution is 5.69. The number of hydrogen-bond donors (Lipinski definition) is 1. The molecule has 4 nitrogen and oxygen atoms in total. The van der Waals surface area contributed by atoms with Crippen molar-refractivity contribution in [1.82, 2.24) is 9.80 Å². The number of carboxylic acids is 1. The summed E-state index contributed by atoms with van der Waals surface area (Å²) in [4.78, 5) is 15.5. The number of aliphatic carboxylic acids is 1. The molecule has 0 aromatic heterocycles. The molecule has 0 aromatic rings. The number of rotatable bonds is 3. The Bertz CT molecular complexity index is 307. The average molecular weight is 268 g/mol. The molecule has 0 bridgehead atoms. The van der Waals surface area contributed by atoms with Gasteiger partial charge in [-0.15, -0.1) is 0 Å². The molecule has 0 radical (unpaired) electrons. The largest absolute Gasteiger partial charge is 0.480 e. The molecular formula is C15H28N2O2. The second-order valence-electron chi connectivity index (χ2n) is 6.95. The van der Waals surface area contributed by atoms with Crippen molar-refractivity contribution in [3.63, 3.8) is 0 Å². The molecule has 2 fully saturated rings. The number of carboxylic acid groups (broad SMARTS) is 1. The van der Waals surface area contributed by atoms with Gasteiger partial charge in [-0.25, -0.2) is 0 Å². The lowest BCUT2D eigenvalue weighted by Crippen LogP contribution is -2.42. The fourth-order valence-electron chi connectivity index (χ4n) is 3.45. The minimum absolute atomic E-state index is 0.200. The van der Waals surface area contributed by atoms with Crippen molar-refractivity contribution in [2.45, 2.75) is 52.0 Å². The Morgan fingerprint density at radius 2 is 1.84 bits per heavy atom.